The zero-order chi connectivity index (χ0) is 14.7. The molecule has 1 aliphatic heterocycles. The minimum Gasteiger partial charge on any atom is -0.376 e. The van der Waals surface area contributed by atoms with E-state index in [2.05, 4.69) is 10.4 Å². The summed E-state index contributed by atoms with van der Waals surface area (Å²) in [5.74, 6) is -0.533. The Balaban J connectivity index is 1.72. The second-order valence-corrected chi connectivity index (χ2v) is 4.99. The molecule has 0 unspecified atom stereocenters. The Hall–Kier alpha value is -2.39. The van der Waals surface area contributed by atoms with Crippen molar-refractivity contribution in [3.05, 3.63) is 42.0 Å². The summed E-state index contributed by atoms with van der Waals surface area (Å²) in [6.45, 7) is 1.52. The number of aromatic nitrogens is 2. The summed E-state index contributed by atoms with van der Waals surface area (Å²) in [5, 5.41) is 16.3. The highest BCUT2D eigenvalue weighted by atomic mass is 19.1. The Bertz CT molecular complexity index is 671. The van der Waals surface area contributed by atoms with Gasteiger partial charge in [-0.2, -0.15) is 10.4 Å². The van der Waals surface area contributed by atoms with Crippen LogP contribution in [0.1, 0.15) is 18.4 Å². The number of anilines is 2. The van der Waals surface area contributed by atoms with Crippen molar-refractivity contribution >= 4 is 11.4 Å². The molecule has 1 saturated heterocycles. The van der Waals surface area contributed by atoms with Crippen molar-refractivity contribution in [2.24, 2.45) is 0 Å². The van der Waals surface area contributed by atoms with Gasteiger partial charge in [-0.05, 0) is 25.0 Å². The van der Waals surface area contributed by atoms with Crippen LogP contribution < -0.4 is 5.32 Å². The standard InChI is InChI=1S/C15H15FN4O/c16-14-4-1-5-15(13(14)7-17)19-11-8-18-20(9-11)10-12-3-2-6-21-12/h1,4-5,8-9,12,19H,2-3,6,10H2/t12-/m0/s1. The van der Waals surface area contributed by atoms with E-state index in [0.29, 0.717) is 12.2 Å². The lowest BCUT2D eigenvalue weighted by atomic mass is 10.2. The fourth-order valence-electron chi connectivity index (χ4n) is 2.42. The molecule has 2 heterocycles. The van der Waals surface area contributed by atoms with Gasteiger partial charge in [-0.25, -0.2) is 4.39 Å². The smallest absolute Gasteiger partial charge is 0.143 e. The predicted octanol–water partition coefficient (Wildman–Crippen LogP) is 2.82. The predicted molar refractivity (Wildman–Crippen MR) is 75.6 cm³/mol. The fraction of sp³-hybridized carbons (Fsp3) is 0.333. The molecule has 5 nitrogen and oxygen atoms in total. The average molecular weight is 286 g/mol. The molecule has 1 atom stereocenters. The van der Waals surface area contributed by atoms with E-state index in [0.717, 1.165) is 25.1 Å². The van der Waals surface area contributed by atoms with E-state index in [9.17, 15) is 4.39 Å². The SMILES string of the molecule is N#Cc1c(F)cccc1Nc1cnn(C[C@@H]2CCCO2)c1. The van der Waals surface area contributed by atoms with Gasteiger partial charge in [-0.1, -0.05) is 6.07 Å². The quantitative estimate of drug-likeness (QED) is 0.938. The van der Waals surface area contributed by atoms with Crippen LogP contribution in [0.25, 0.3) is 0 Å². The topological polar surface area (TPSA) is 62.9 Å². The summed E-state index contributed by atoms with van der Waals surface area (Å²) in [6.07, 6.45) is 5.83. The maximum Gasteiger partial charge on any atom is 0.143 e. The van der Waals surface area contributed by atoms with Gasteiger partial charge in [0.2, 0.25) is 0 Å². The Morgan fingerprint density at radius 3 is 3.19 bits per heavy atom. The zero-order valence-electron chi connectivity index (χ0n) is 11.4. The Morgan fingerprint density at radius 1 is 1.52 bits per heavy atom. The average Bonchev–Trinajstić information content (AvgIpc) is 3.12. The molecule has 1 aromatic carbocycles. The number of nitrogens with zero attached hydrogens (tertiary/aromatic N) is 3. The minimum atomic E-state index is -0.533. The summed E-state index contributed by atoms with van der Waals surface area (Å²) in [7, 11) is 0. The molecule has 0 saturated carbocycles. The van der Waals surface area contributed by atoms with Crippen LogP contribution >= 0.6 is 0 Å². The lowest BCUT2D eigenvalue weighted by Gasteiger charge is -2.09. The summed E-state index contributed by atoms with van der Waals surface area (Å²) < 4.78 is 20.9. The van der Waals surface area contributed by atoms with Crippen LogP contribution in [0.4, 0.5) is 15.8 Å². The number of nitriles is 1. The first-order valence-corrected chi connectivity index (χ1v) is 6.86. The Morgan fingerprint density at radius 2 is 2.43 bits per heavy atom. The van der Waals surface area contributed by atoms with Gasteiger partial charge in [0.1, 0.15) is 17.4 Å². The second-order valence-electron chi connectivity index (χ2n) is 4.99. The van der Waals surface area contributed by atoms with E-state index >= 15 is 0 Å². The maximum atomic E-state index is 13.5. The first kappa shape index (κ1) is 13.6. The van der Waals surface area contributed by atoms with Crippen LogP contribution in [0.3, 0.4) is 0 Å². The number of halogens is 1. The number of hydrogen-bond acceptors (Lipinski definition) is 4. The molecule has 0 radical (unpaired) electrons. The molecule has 0 aliphatic carbocycles. The number of rotatable bonds is 4. The van der Waals surface area contributed by atoms with Crippen molar-refractivity contribution in [1.29, 1.82) is 5.26 Å². The normalized spacial score (nSPS) is 17.6. The van der Waals surface area contributed by atoms with Crippen LogP contribution in [-0.2, 0) is 11.3 Å². The summed E-state index contributed by atoms with van der Waals surface area (Å²) >= 11 is 0. The van der Waals surface area contributed by atoms with Gasteiger partial charge >= 0.3 is 0 Å². The van der Waals surface area contributed by atoms with Crippen LogP contribution in [0, 0.1) is 17.1 Å². The molecular weight excluding hydrogens is 271 g/mol. The molecule has 1 N–H and O–H groups in total. The molecule has 3 rings (SSSR count). The third-order valence-electron chi connectivity index (χ3n) is 3.45. The largest absolute Gasteiger partial charge is 0.376 e. The van der Waals surface area contributed by atoms with Crippen LogP contribution in [0.15, 0.2) is 30.6 Å². The van der Waals surface area contributed by atoms with Crippen molar-refractivity contribution < 1.29 is 9.13 Å². The van der Waals surface area contributed by atoms with Crippen LogP contribution in [0.2, 0.25) is 0 Å². The van der Waals surface area contributed by atoms with E-state index in [-0.39, 0.29) is 11.7 Å². The van der Waals surface area contributed by atoms with Gasteiger partial charge in [0.15, 0.2) is 0 Å². The van der Waals surface area contributed by atoms with Gasteiger partial charge in [-0.15, -0.1) is 0 Å². The van der Waals surface area contributed by atoms with E-state index in [1.54, 1.807) is 23.0 Å². The molecular formula is C15H15FN4O. The van der Waals surface area contributed by atoms with Gasteiger partial charge in [0.25, 0.3) is 0 Å². The maximum absolute atomic E-state index is 13.5. The first-order chi connectivity index (χ1) is 10.3. The number of ether oxygens (including phenoxy) is 1. The van der Waals surface area contributed by atoms with Crippen molar-refractivity contribution in [3.63, 3.8) is 0 Å². The van der Waals surface area contributed by atoms with Crippen molar-refractivity contribution in [1.82, 2.24) is 9.78 Å². The summed E-state index contributed by atoms with van der Waals surface area (Å²) in [5.41, 5.74) is 1.16. The van der Waals surface area contributed by atoms with E-state index in [1.807, 2.05) is 12.3 Å². The molecule has 2 aromatic rings. The van der Waals surface area contributed by atoms with Crippen molar-refractivity contribution in [2.45, 2.75) is 25.5 Å². The highest BCUT2D eigenvalue weighted by molar-refractivity contribution is 5.65. The molecule has 21 heavy (non-hydrogen) atoms. The molecule has 1 aromatic heterocycles. The third-order valence-corrected chi connectivity index (χ3v) is 3.45. The monoisotopic (exact) mass is 286 g/mol. The first-order valence-electron chi connectivity index (χ1n) is 6.86. The Kier molecular flexibility index (Phi) is 3.84. The van der Waals surface area contributed by atoms with Crippen molar-refractivity contribution in [2.75, 3.05) is 11.9 Å². The molecule has 6 heteroatoms. The van der Waals surface area contributed by atoms with Gasteiger partial charge in [0, 0.05) is 12.8 Å². The van der Waals surface area contributed by atoms with Crippen LogP contribution in [-0.4, -0.2) is 22.5 Å². The molecule has 1 fully saturated rings. The Labute approximate surface area is 122 Å². The minimum absolute atomic E-state index is 0.00405. The van der Waals surface area contributed by atoms with E-state index < -0.39 is 5.82 Å². The number of hydrogen-bond donors (Lipinski definition) is 1. The van der Waals surface area contributed by atoms with Crippen LogP contribution in [0.5, 0.6) is 0 Å². The second kappa shape index (κ2) is 5.94. The lowest BCUT2D eigenvalue weighted by molar-refractivity contribution is 0.0940. The highest BCUT2D eigenvalue weighted by Gasteiger charge is 2.16. The van der Waals surface area contributed by atoms with Gasteiger partial charge < -0.3 is 10.1 Å². The molecule has 0 spiro atoms. The van der Waals surface area contributed by atoms with E-state index in [1.165, 1.54) is 6.07 Å². The molecule has 0 bridgehead atoms. The highest BCUT2D eigenvalue weighted by Crippen LogP contribution is 2.22. The van der Waals surface area contributed by atoms with Gasteiger partial charge in [-0.3, -0.25) is 4.68 Å². The third kappa shape index (κ3) is 3.03. The summed E-state index contributed by atoms with van der Waals surface area (Å²) in [4.78, 5) is 0. The van der Waals surface area contributed by atoms with Gasteiger partial charge in [0.05, 0.1) is 30.2 Å². The summed E-state index contributed by atoms with van der Waals surface area (Å²) in [6, 6.07) is 6.36. The zero-order valence-corrected chi connectivity index (χ0v) is 11.4. The number of nitrogens with one attached hydrogen (secondary N) is 1. The fourth-order valence-corrected chi connectivity index (χ4v) is 2.42. The lowest BCUT2D eigenvalue weighted by Crippen LogP contribution is -2.15. The molecule has 1 aliphatic rings. The van der Waals surface area contributed by atoms with E-state index in [4.69, 9.17) is 10.00 Å². The van der Waals surface area contributed by atoms with Crippen molar-refractivity contribution in [3.8, 4) is 6.07 Å². The molecule has 108 valence electrons. The number of benzene rings is 1. The molecule has 0 amide bonds.